The van der Waals surface area contributed by atoms with Gasteiger partial charge in [-0.15, -0.1) is 0 Å². The third-order valence-corrected chi connectivity index (χ3v) is 2.51. The lowest BCUT2D eigenvalue weighted by Crippen LogP contribution is -2.37. The largest absolute Gasteiger partial charge is 0.304 e. The normalized spacial score (nSPS) is 27.3. The van der Waals surface area contributed by atoms with E-state index in [2.05, 4.69) is 4.90 Å². The van der Waals surface area contributed by atoms with Gasteiger partial charge in [0, 0.05) is 6.54 Å². The second kappa shape index (κ2) is 3.72. The molecule has 0 radical (unpaired) electrons. The summed E-state index contributed by atoms with van der Waals surface area (Å²) in [4.78, 5) is 2.08. The first-order valence-electron chi connectivity index (χ1n) is 4.04. The quantitative estimate of drug-likeness (QED) is 0.582. The van der Waals surface area contributed by atoms with Crippen LogP contribution in [0.25, 0.3) is 0 Å². The van der Waals surface area contributed by atoms with Gasteiger partial charge < -0.3 is 4.90 Å². The molecular formula is C7H15NO3S. The average molecular weight is 193 g/mol. The highest BCUT2D eigenvalue weighted by molar-refractivity contribution is 7.86. The Kier molecular flexibility index (Phi) is 3.09. The SMILES string of the molecule is CN1CCCC(OS(C)(=O)=O)C1. The molecule has 72 valence electrons. The molecule has 0 aromatic carbocycles. The Morgan fingerprint density at radius 3 is 2.67 bits per heavy atom. The zero-order chi connectivity index (χ0) is 9.19. The zero-order valence-corrected chi connectivity index (χ0v) is 8.30. The molecule has 0 saturated carbocycles. The maximum absolute atomic E-state index is 10.8. The van der Waals surface area contributed by atoms with Crippen molar-refractivity contribution < 1.29 is 12.6 Å². The Labute approximate surface area is 73.6 Å². The summed E-state index contributed by atoms with van der Waals surface area (Å²) in [5, 5.41) is 0. The van der Waals surface area contributed by atoms with Gasteiger partial charge in [0.2, 0.25) is 0 Å². The molecule has 0 spiro atoms. The maximum atomic E-state index is 10.8. The highest BCUT2D eigenvalue weighted by Crippen LogP contribution is 2.12. The molecule has 0 bridgehead atoms. The van der Waals surface area contributed by atoms with Gasteiger partial charge in [-0.25, -0.2) is 0 Å². The Morgan fingerprint density at radius 2 is 2.17 bits per heavy atom. The molecule has 1 heterocycles. The standard InChI is InChI=1S/C7H15NO3S/c1-8-5-3-4-7(6-8)11-12(2,9)10/h7H,3-6H2,1-2H3. The Balaban J connectivity index is 2.43. The smallest absolute Gasteiger partial charge is 0.264 e. The zero-order valence-electron chi connectivity index (χ0n) is 7.49. The molecule has 1 rings (SSSR count). The molecule has 0 amide bonds. The molecular weight excluding hydrogens is 178 g/mol. The van der Waals surface area contributed by atoms with Crippen LogP contribution in [0.4, 0.5) is 0 Å². The van der Waals surface area contributed by atoms with Crippen molar-refractivity contribution in [3.05, 3.63) is 0 Å². The van der Waals surface area contributed by atoms with E-state index in [1.54, 1.807) is 0 Å². The summed E-state index contributed by atoms with van der Waals surface area (Å²) in [6, 6.07) is 0. The van der Waals surface area contributed by atoms with Gasteiger partial charge in [0.1, 0.15) is 0 Å². The number of likely N-dealkylation sites (N-methyl/N-ethyl adjacent to an activating group) is 1. The Morgan fingerprint density at radius 1 is 1.50 bits per heavy atom. The minimum Gasteiger partial charge on any atom is -0.304 e. The van der Waals surface area contributed by atoms with E-state index in [-0.39, 0.29) is 6.10 Å². The van der Waals surface area contributed by atoms with Crippen molar-refractivity contribution in [1.29, 1.82) is 0 Å². The second-order valence-electron chi connectivity index (χ2n) is 3.33. The summed E-state index contributed by atoms with van der Waals surface area (Å²) >= 11 is 0. The fourth-order valence-corrected chi connectivity index (χ4v) is 2.10. The second-order valence-corrected chi connectivity index (χ2v) is 4.93. The van der Waals surface area contributed by atoms with Crippen LogP contribution in [0.15, 0.2) is 0 Å². The minimum absolute atomic E-state index is 0.140. The minimum atomic E-state index is -3.27. The number of nitrogens with zero attached hydrogens (tertiary/aromatic N) is 1. The van der Waals surface area contributed by atoms with Gasteiger partial charge in [0.15, 0.2) is 0 Å². The molecule has 1 saturated heterocycles. The van der Waals surface area contributed by atoms with Crippen LogP contribution in [-0.2, 0) is 14.3 Å². The highest BCUT2D eigenvalue weighted by Gasteiger charge is 2.21. The molecule has 1 atom stereocenters. The van der Waals surface area contributed by atoms with Crippen LogP contribution in [0.2, 0.25) is 0 Å². The fourth-order valence-electron chi connectivity index (χ4n) is 1.44. The molecule has 12 heavy (non-hydrogen) atoms. The van der Waals surface area contributed by atoms with E-state index in [4.69, 9.17) is 4.18 Å². The van der Waals surface area contributed by atoms with Crippen molar-refractivity contribution in [2.75, 3.05) is 26.4 Å². The van der Waals surface area contributed by atoms with E-state index >= 15 is 0 Å². The maximum Gasteiger partial charge on any atom is 0.264 e. The molecule has 1 aliphatic rings. The first-order chi connectivity index (χ1) is 5.47. The molecule has 5 heteroatoms. The lowest BCUT2D eigenvalue weighted by Gasteiger charge is -2.28. The van der Waals surface area contributed by atoms with Crippen molar-refractivity contribution in [1.82, 2.24) is 4.90 Å². The van der Waals surface area contributed by atoms with Crippen molar-refractivity contribution in [2.24, 2.45) is 0 Å². The van der Waals surface area contributed by atoms with Gasteiger partial charge >= 0.3 is 0 Å². The fraction of sp³-hybridized carbons (Fsp3) is 1.00. The third-order valence-electron chi connectivity index (χ3n) is 1.89. The van der Waals surface area contributed by atoms with Crippen molar-refractivity contribution in [3.8, 4) is 0 Å². The summed E-state index contributed by atoms with van der Waals surface area (Å²) in [6.45, 7) is 1.75. The Hall–Kier alpha value is -0.130. The van der Waals surface area contributed by atoms with Crippen molar-refractivity contribution >= 4 is 10.1 Å². The predicted molar refractivity (Wildman–Crippen MR) is 46.4 cm³/mol. The van der Waals surface area contributed by atoms with Gasteiger partial charge in [-0.3, -0.25) is 4.18 Å². The topological polar surface area (TPSA) is 46.6 Å². The van der Waals surface area contributed by atoms with E-state index < -0.39 is 10.1 Å². The van der Waals surface area contributed by atoms with Crippen LogP contribution in [0.3, 0.4) is 0 Å². The average Bonchev–Trinajstić information content (AvgIpc) is 1.82. The third kappa shape index (κ3) is 3.51. The summed E-state index contributed by atoms with van der Waals surface area (Å²) < 4.78 is 26.4. The summed E-state index contributed by atoms with van der Waals surface area (Å²) in [5.74, 6) is 0. The molecule has 1 aliphatic heterocycles. The number of likely N-dealkylation sites (tertiary alicyclic amines) is 1. The van der Waals surface area contributed by atoms with Gasteiger partial charge in [-0.1, -0.05) is 0 Å². The summed E-state index contributed by atoms with van der Waals surface area (Å²) in [7, 11) is -1.30. The monoisotopic (exact) mass is 193 g/mol. The van der Waals surface area contributed by atoms with Gasteiger partial charge in [-0.05, 0) is 26.4 Å². The molecule has 0 aromatic rings. The lowest BCUT2D eigenvalue weighted by molar-refractivity contribution is 0.111. The molecule has 4 nitrogen and oxygen atoms in total. The van der Waals surface area contributed by atoms with E-state index in [0.717, 1.165) is 25.6 Å². The highest BCUT2D eigenvalue weighted by atomic mass is 32.2. The number of hydrogen-bond acceptors (Lipinski definition) is 4. The number of piperidine rings is 1. The van der Waals surface area contributed by atoms with Crippen LogP contribution < -0.4 is 0 Å². The summed E-state index contributed by atoms with van der Waals surface area (Å²) in [6.07, 6.45) is 2.81. The van der Waals surface area contributed by atoms with E-state index in [1.165, 1.54) is 0 Å². The molecule has 1 unspecified atom stereocenters. The van der Waals surface area contributed by atoms with Crippen molar-refractivity contribution in [2.45, 2.75) is 18.9 Å². The van der Waals surface area contributed by atoms with E-state index in [9.17, 15) is 8.42 Å². The van der Waals surface area contributed by atoms with Crippen LogP contribution in [0.1, 0.15) is 12.8 Å². The first kappa shape index (κ1) is 9.95. The molecule has 0 aromatic heterocycles. The van der Waals surface area contributed by atoms with Crippen LogP contribution >= 0.6 is 0 Å². The molecule has 1 fully saturated rings. The van der Waals surface area contributed by atoms with Crippen LogP contribution in [-0.4, -0.2) is 45.8 Å². The lowest BCUT2D eigenvalue weighted by atomic mass is 10.1. The van der Waals surface area contributed by atoms with Crippen molar-refractivity contribution in [3.63, 3.8) is 0 Å². The van der Waals surface area contributed by atoms with Crippen LogP contribution in [0.5, 0.6) is 0 Å². The van der Waals surface area contributed by atoms with E-state index in [0.29, 0.717) is 6.54 Å². The Bertz CT molecular complexity index is 237. The number of rotatable bonds is 2. The van der Waals surface area contributed by atoms with Gasteiger partial charge in [0.25, 0.3) is 10.1 Å². The molecule has 0 N–H and O–H groups in total. The summed E-state index contributed by atoms with van der Waals surface area (Å²) in [5.41, 5.74) is 0. The van der Waals surface area contributed by atoms with Gasteiger partial charge in [-0.2, -0.15) is 8.42 Å². The van der Waals surface area contributed by atoms with Crippen LogP contribution in [0, 0.1) is 0 Å². The number of hydrogen-bond donors (Lipinski definition) is 0. The molecule has 0 aliphatic carbocycles. The van der Waals surface area contributed by atoms with E-state index in [1.807, 2.05) is 7.05 Å². The first-order valence-corrected chi connectivity index (χ1v) is 5.86. The predicted octanol–water partition coefficient (Wildman–Crippen LogP) is 0.0568. The van der Waals surface area contributed by atoms with Gasteiger partial charge in [0.05, 0.1) is 12.4 Å².